The van der Waals surface area contributed by atoms with Gasteiger partial charge < -0.3 is 30.9 Å². The Hall–Kier alpha value is -2.84. The molecule has 0 saturated heterocycles. The Morgan fingerprint density at radius 1 is 1.22 bits per heavy atom. The summed E-state index contributed by atoms with van der Waals surface area (Å²) >= 11 is 0. The van der Waals surface area contributed by atoms with Crippen LogP contribution in [0, 0.1) is 23.7 Å². The van der Waals surface area contributed by atoms with Crippen LogP contribution in [0.25, 0.3) is 5.76 Å². The minimum absolute atomic E-state index is 0.0419. The lowest BCUT2D eigenvalue weighted by molar-refractivity contribution is -0.138. The van der Waals surface area contributed by atoms with Gasteiger partial charge in [-0.1, -0.05) is 27.2 Å². The summed E-state index contributed by atoms with van der Waals surface area (Å²) in [5.74, 6) is -3.53. The number of rotatable bonds is 7. The molecule has 1 saturated carbocycles. The number of hydrogen-bond donors (Lipinski definition) is 5. The summed E-state index contributed by atoms with van der Waals surface area (Å²) < 4.78 is 5.41. The number of methoxy groups -OCH3 is 1. The molecule has 1 amide bonds. The number of hydrogen-bond acceptors (Lipinski definition) is 7. The Labute approximate surface area is 211 Å². The summed E-state index contributed by atoms with van der Waals surface area (Å²) in [7, 11) is 1.59. The molecule has 0 bridgehead atoms. The molecule has 196 valence electrons. The van der Waals surface area contributed by atoms with Gasteiger partial charge in [0.25, 0.3) is 5.91 Å². The van der Waals surface area contributed by atoms with Crippen molar-refractivity contribution < 1.29 is 34.8 Å². The van der Waals surface area contributed by atoms with Crippen molar-refractivity contribution in [3.8, 4) is 5.75 Å². The minimum atomic E-state index is -1.92. The van der Waals surface area contributed by atoms with Crippen molar-refractivity contribution in [2.75, 3.05) is 7.11 Å². The van der Waals surface area contributed by atoms with Crippen molar-refractivity contribution in [1.29, 1.82) is 0 Å². The summed E-state index contributed by atoms with van der Waals surface area (Å²) in [6.07, 6.45) is 2.01. The maximum Gasteiger partial charge on any atom is 0.250 e. The Morgan fingerprint density at radius 2 is 1.92 bits per heavy atom. The van der Waals surface area contributed by atoms with Gasteiger partial charge in [0.2, 0.25) is 0 Å². The van der Waals surface area contributed by atoms with E-state index in [0.717, 1.165) is 11.1 Å². The van der Waals surface area contributed by atoms with E-state index < -0.39 is 29.1 Å². The average Bonchev–Trinajstić information content (AvgIpc) is 2.75. The third-order valence-electron chi connectivity index (χ3n) is 8.03. The zero-order valence-electron chi connectivity index (χ0n) is 21.4. The molecule has 8 nitrogen and oxygen atoms in total. The maximum atomic E-state index is 14.0. The fourth-order valence-electron chi connectivity index (χ4n) is 6.86. The number of aliphatic hydroxyl groups excluding tert-OH is 2. The number of ether oxygens (including phenoxy) is 1. The average molecular weight is 500 g/mol. The highest BCUT2D eigenvalue weighted by molar-refractivity contribution is 6.08. The molecule has 1 fully saturated rings. The van der Waals surface area contributed by atoms with Crippen LogP contribution in [0.4, 0.5) is 0 Å². The van der Waals surface area contributed by atoms with E-state index >= 15 is 0 Å². The number of primary amides is 1. The molecule has 4 atom stereocenters. The van der Waals surface area contributed by atoms with Crippen LogP contribution in [-0.4, -0.2) is 44.8 Å². The SMILES string of the molecule is CCCC1(O)C(C(N)=O)=C(O)CC2CC3Cc4c(COC)cc(CC(C)C)c(O)c4C(O)=C3C(=O)C21. The third kappa shape index (κ3) is 4.00. The number of aromatic hydroxyl groups is 1. The van der Waals surface area contributed by atoms with E-state index in [9.17, 15) is 30.0 Å². The molecular formula is C28H37NO7. The van der Waals surface area contributed by atoms with Gasteiger partial charge in [-0.2, -0.15) is 0 Å². The van der Waals surface area contributed by atoms with E-state index in [2.05, 4.69) is 0 Å². The second-order valence-corrected chi connectivity index (χ2v) is 11.0. The van der Waals surface area contributed by atoms with Gasteiger partial charge in [-0.3, -0.25) is 9.59 Å². The minimum Gasteiger partial charge on any atom is -0.512 e. The number of carbonyl (C=O) groups excluding carboxylic acids is 2. The molecule has 0 radical (unpaired) electrons. The number of fused-ring (bicyclic) bond motifs is 3. The lowest BCUT2D eigenvalue weighted by Gasteiger charge is -2.49. The van der Waals surface area contributed by atoms with Gasteiger partial charge in [-0.15, -0.1) is 0 Å². The lowest BCUT2D eigenvalue weighted by atomic mass is 9.55. The van der Waals surface area contributed by atoms with Gasteiger partial charge in [-0.25, -0.2) is 0 Å². The van der Waals surface area contributed by atoms with Gasteiger partial charge in [0, 0.05) is 19.1 Å². The van der Waals surface area contributed by atoms with E-state index in [1.165, 1.54) is 0 Å². The molecule has 0 heterocycles. The zero-order valence-corrected chi connectivity index (χ0v) is 21.4. The van der Waals surface area contributed by atoms with Crippen LogP contribution in [0.15, 0.2) is 23.0 Å². The first-order chi connectivity index (χ1) is 17.0. The van der Waals surface area contributed by atoms with Crippen LogP contribution >= 0.6 is 0 Å². The molecular weight excluding hydrogens is 462 g/mol. The predicted octanol–water partition coefficient (Wildman–Crippen LogP) is 3.62. The molecule has 1 aromatic rings. The second-order valence-electron chi connectivity index (χ2n) is 11.0. The van der Waals surface area contributed by atoms with Crippen molar-refractivity contribution in [3.05, 3.63) is 45.2 Å². The highest BCUT2D eigenvalue weighted by Crippen LogP contribution is 2.55. The van der Waals surface area contributed by atoms with E-state index in [4.69, 9.17) is 10.5 Å². The number of amides is 1. The number of phenolic OH excluding ortho intramolecular Hbond substituents is 1. The lowest BCUT2D eigenvalue weighted by Crippen LogP contribution is -2.57. The molecule has 0 aliphatic heterocycles. The normalized spacial score (nSPS) is 27.7. The second kappa shape index (κ2) is 9.56. The molecule has 1 aromatic carbocycles. The first kappa shape index (κ1) is 26.2. The highest BCUT2D eigenvalue weighted by atomic mass is 16.5. The first-order valence-electron chi connectivity index (χ1n) is 12.7. The topological polar surface area (TPSA) is 150 Å². The molecule has 3 aliphatic carbocycles. The highest BCUT2D eigenvalue weighted by Gasteiger charge is 2.58. The fourth-order valence-corrected chi connectivity index (χ4v) is 6.86. The molecule has 4 rings (SSSR count). The van der Waals surface area contributed by atoms with Crippen molar-refractivity contribution in [3.63, 3.8) is 0 Å². The largest absolute Gasteiger partial charge is 0.512 e. The van der Waals surface area contributed by atoms with Gasteiger partial charge in [-0.05, 0) is 66.2 Å². The number of carbonyl (C=O) groups is 2. The summed E-state index contributed by atoms with van der Waals surface area (Å²) in [6.45, 7) is 6.17. The van der Waals surface area contributed by atoms with Crippen molar-refractivity contribution in [1.82, 2.24) is 0 Å². The maximum absolute atomic E-state index is 14.0. The molecule has 0 aromatic heterocycles. The van der Waals surface area contributed by atoms with Gasteiger partial charge >= 0.3 is 0 Å². The number of nitrogens with two attached hydrogens (primary N) is 1. The zero-order chi connectivity index (χ0) is 26.5. The summed E-state index contributed by atoms with van der Waals surface area (Å²) in [4.78, 5) is 26.3. The molecule has 0 spiro atoms. The Morgan fingerprint density at radius 3 is 2.50 bits per heavy atom. The summed E-state index contributed by atoms with van der Waals surface area (Å²) in [5, 5.41) is 45.1. The number of aliphatic hydroxyl groups is 3. The van der Waals surface area contributed by atoms with Crippen LogP contribution in [0.5, 0.6) is 5.75 Å². The van der Waals surface area contributed by atoms with Gasteiger partial charge in [0.1, 0.15) is 22.9 Å². The number of phenols is 1. The van der Waals surface area contributed by atoms with Crippen molar-refractivity contribution in [2.45, 2.75) is 71.5 Å². The van der Waals surface area contributed by atoms with Gasteiger partial charge in [0.05, 0.1) is 23.7 Å². The molecule has 36 heavy (non-hydrogen) atoms. The van der Waals surface area contributed by atoms with E-state index in [1.54, 1.807) is 7.11 Å². The number of Topliss-reactive ketones (excluding diaryl/α,β-unsaturated/α-hetero) is 1. The first-order valence-corrected chi connectivity index (χ1v) is 12.7. The third-order valence-corrected chi connectivity index (χ3v) is 8.03. The van der Waals surface area contributed by atoms with Crippen LogP contribution in [-0.2, 0) is 33.8 Å². The smallest absolute Gasteiger partial charge is 0.250 e. The summed E-state index contributed by atoms with van der Waals surface area (Å²) in [5.41, 5.74) is 6.00. The molecule has 6 N–H and O–H groups in total. The van der Waals surface area contributed by atoms with Gasteiger partial charge in [0.15, 0.2) is 5.78 Å². The van der Waals surface area contributed by atoms with Crippen LogP contribution in [0.3, 0.4) is 0 Å². The van der Waals surface area contributed by atoms with Crippen molar-refractivity contribution >= 4 is 17.4 Å². The Bertz CT molecular complexity index is 1160. The predicted molar refractivity (Wildman–Crippen MR) is 134 cm³/mol. The quantitative estimate of drug-likeness (QED) is 0.384. The van der Waals surface area contributed by atoms with Crippen LogP contribution in [0.1, 0.15) is 68.7 Å². The van der Waals surface area contributed by atoms with Crippen LogP contribution in [0.2, 0.25) is 0 Å². The standard InChI is InChI=1S/C28H37NO7/c1-5-6-28(35)22-15(11-19(30)23(28)27(29)34)8-14-10-18-17(12-36-4)9-16(7-13(2)3)24(31)21(18)25(32)20(14)26(22)33/h9,13-15,22,30-32,35H,5-8,10-12H2,1-4H3,(H2,29,34). The monoisotopic (exact) mass is 499 g/mol. The Balaban J connectivity index is 1.90. The van der Waals surface area contributed by atoms with E-state index in [-0.39, 0.29) is 58.7 Å². The number of ketones is 1. The summed E-state index contributed by atoms with van der Waals surface area (Å²) in [6, 6.07) is 1.91. The molecule has 8 heteroatoms. The number of allylic oxidation sites excluding steroid dienone is 2. The van der Waals surface area contributed by atoms with E-state index in [0.29, 0.717) is 37.9 Å². The van der Waals surface area contributed by atoms with Crippen LogP contribution < -0.4 is 5.73 Å². The molecule has 4 unspecified atom stereocenters. The van der Waals surface area contributed by atoms with E-state index in [1.807, 2.05) is 26.8 Å². The van der Waals surface area contributed by atoms with Crippen molar-refractivity contribution in [2.24, 2.45) is 29.4 Å². The fraction of sp³-hybridized carbons (Fsp3) is 0.571. The Kier molecular flexibility index (Phi) is 6.96. The molecule has 3 aliphatic rings. The number of benzene rings is 1.